The Labute approximate surface area is 153 Å². The number of aryl methyl sites for hydroxylation is 1. The van der Waals surface area contributed by atoms with Gasteiger partial charge in [-0.25, -0.2) is 0 Å². The molecule has 0 aliphatic rings. The topological polar surface area (TPSA) is 70.7 Å². The Bertz CT molecular complexity index is 1070. The van der Waals surface area contributed by atoms with Crippen LogP contribution in [0.4, 0.5) is 13.2 Å². The fourth-order valence-corrected chi connectivity index (χ4v) is 3.32. The number of aliphatic hydroxyl groups is 1. The van der Waals surface area contributed by atoms with E-state index >= 15 is 0 Å². The summed E-state index contributed by atoms with van der Waals surface area (Å²) in [6, 6.07) is 5.80. The molecule has 1 aromatic heterocycles. The van der Waals surface area contributed by atoms with Crippen molar-refractivity contribution in [2.45, 2.75) is 19.7 Å². The van der Waals surface area contributed by atoms with Crippen LogP contribution >= 0.6 is 15.9 Å². The second-order valence-electron chi connectivity index (χ2n) is 5.76. The van der Waals surface area contributed by atoms with Crippen LogP contribution in [0.5, 0.6) is 5.75 Å². The van der Waals surface area contributed by atoms with Gasteiger partial charge in [-0.3, -0.25) is 4.79 Å². The number of fused-ring (bicyclic) bond motifs is 1. The smallest absolute Gasteiger partial charge is 0.416 e. The van der Waals surface area contributed by atoms with Crippen molar-refractivity contribution >= 4 is 26.9 Å². The van der Waals surface area contributed by atoms with E-state index in [1.54, 1.807) is 13.0 Å². The lowest BCUT2D eigenvalue weighted by molar-refractivity contribution is -0.137. The Kier molecular flexibility index (Phi) is 4.58. The SMILES string of the molecule is Cc1cc(Br)c2oc(-c3cc(C(F)(F)F)ccc3CO)c(O)c(=O)c2c1. The van der Waals surface area contributed by atoms with Crippen LogP contribution in [0, 0.1) is 6.92 Å². The van der Waals surface area contributed by atoms with E-state index in [-0.39, 0.29) is 22.1 Å². The molecule has 1 heterocycles. The average Bonchev–Trinajstić information content (AvgIpc) is 2.57. The summed E-state index contributed by atoms with van der Waals surface area (Å²) in [5.74, 6) is -1.24. The first-order valence-electron chi connectivity index (χ1n) is 7.40. The third-order valence-corrected chi connectivity index (χ3v) is 4.51. The van der Waals surface area contributed by atoms with E-state index in [1.807, 2.05) is 0 Å². The molecule has 0 atom stereocenters. The van der Waals surface area contributed by atoms with E-state index in [0.717, 1.165) is 23.8 Å². The third kappa shape index (κ3) is 3.10. The summed E-state index contributed by atoms with van der Waals surface area (Å²) in [6.45, 7) is 1.15. The van der Waals surface area contributed by atoms with E-state index in [1.165, 1.54) is 6.07 Å². The van der Waals surface area contributed by atoms with Crippen LogP contribution in [0.2, 0.25) is 0 Å². The van der Waals surface area contributed by atoms with Gasteiger partial charge in [0, 0.05) is 5.56 Å². The molecule has 0 aliphatic carbocycles. The van der Waals surface area contributed by atoms with Gasteiger partial charge in [-0.2, -0.15) is 13.2 Å². The van der Waals surface area contributed by atoms with Crippen LogP contribution in [-0.4, -0.2) is 10.2 Å². The van der Waals surface area contributed by atoms with Gasteiger partial charge in [0.05, 0.1) is 22.0 Å². The van der Waals surface area contributed by atoms with Gasteiger partial charge in [-0.05, 0) is 58.2 Å². The first-order chi connectivity index (χ1) is 12.1. The molecule has 0 amide bonds. The molecule has 0 spiro atoms. The monoisotopic (exact) mass is 428 g/mol. The number of benzene rings is 2. The van der Waals surface area contributed by atoms with E-state index in [9.17, 15) is 28.2 Å². The van der Waals surface area contributed by atoms with Gasteiger partial charge in [-0.1, -0.05) is 6.07 Å². The van der Waals surface area contributed by atoms with Crippen LogP contribution in [0.25, 0.3) is 22.3 Å². The Morgan fingerprint density at radius 1 is 1.19 bits per heavy atom. The van der Waals surface area contributed by atoms with Crippen molar-refractivity contribution in [1.29, 1.82) is 0 Å². The number of aliphatic hydroxyl groups excluding tert-OH is 1. The van der Waals surface area contributed by atoms with Crippen LogP contribution in [-0.2, 0) is 12.8 Å². The van der Waals surface area contributed by atoms with E-state index in [4.69, 9.17) is 4.42 Å². The quantitative estimate of drug-likeness (QED) is 0.617. The first-order valence-corrected chi connectivity index (χ1v) is 8.20. The second-order valence-corrected chi connectivity index (χ2v) is 6.61. The van der Waals surface area contributed by atoms with Gasteiger partial charge >= 0.3 is 6.18 Å². The van der Waals surface area contributed by atoms with Gasteiger partial charge in [0.2, 0.25) is 11.2 Å². The van der Waals surface area contributed by atoms with Gasteiger partial charge in [-0.15, -0.1) is 0 Å². The molecule has 0 fully saturated rings. The molecule has 2 aromatic carbocycles. The summed E-state index contributed by atoms with van der Waals surface area (Å²) in [5.41, 5.74) is -1.05. The lowest BCUT2D eigenvalue weighted by Crippen LogP contribution is -2.07. The van der Waals surface area contributed by atoms with Gasteiger partial charge in [0.25, 0.3) is 0 Å². The molecule has 26 heavy (non-hydrogen) atoms. The number of hydrogen-bond acceptors (Lipinski definition) is 4. The number of halogens is 4. The summed E-state index contributed by atoms with van der Waals surface area (Å²) in [7, 11) is 0. The van der Waals surface area contributed by atoms with Crippen molar-refractivity contribution < 1.29 is 27.8 Å². The Morgan fingerprint density at radius 3 is 2.50 bits per heavy atom. The molecule has 136 valence electrons. The zero-order valence-electron chi connectivity index (χ0n) is 13.3. The van der Waals surface area contributed by atoms with Gasteiger partial charge in [0.1, 0.15) is 0 Å². The van der Waals surface area contributed by atoms with Crippen LogP contribution in [0.1, 0.15) is 16.7 Å². The lowest BCUT2D eigenvalue weighted by Gasteiger charge is -2.14. The van der Waals surface area contributed by atoms with Gasteiger partial charge < -0.3 is 14.6 Å². The van der Waals surface area contributed by atoms with Crippen molar-refractivity contribution in [3.63, 3.8) is 0 Å². The molecule has 8 heteroatoms. The number of rotatable bonds is 2. The van der Waals surface area contributed by atoms with Crippen LogP contribution in [0.15, 0.2) is 44.0 Å². The summed E-state index contributed by atoms with van der Waals surface area (Å²) >= 11 is 3.25. The normalized spacial score (nSPS) is 11.9. The van der Waals surface area contributed by atoms with Crippen molar-refractivity contribution in [2.24, 2.45) is 0 Å². The molecule has 0 saturated heterocycles. The molecule has 0 aliphatic heterocycles. The zero-order chi connectivity index (χ0) is 19.2. The number of hydrogen-bond donors (Lipinski definition) is 2. The molecule has 2 N–H and O–H groups in total. The minimum atomic E-state index is -4.63. The average molecular weight is 429 g/mol. The van der Waals surface area contributed by atoms with Crippen molar-refractivity contribution in [1.82, 2.24) is 0 Å². The van der Waals surface area contributed by atoms with Crippen LogP contribution < -0.4 is 5.43 Å². The summed E-state index contributed by atoms with van der Waals surface area (Å²) in [6.07, 6.45) is -4.63. The van der Waals surface area contributed by atoms with E-state index < -0.39 is 35.3 Å². The highest BCUT2D eigenvalue weighted by Gasteiger charge is 2.32. The van der Waals surface area contributed by atoms with E-state index in [2.05, 4.69) is 15.9 Å². The summed E-state index contributed by atoms with van der Waals surface area (Å²) < 4.78 is 45.1. The first kappa shape index (κ1) is 18.5. The predicted octanol–water partition coefficient (Wildman–Crippen LogP) is 4.75. The number of alkyl halides is 3. The fraction of sp³-hybridized carbons (Fsp3) is 0.167. The maximum Gasteiger partial charge on any atom is 0.416 e. The standard InChI is InChI=1S/C18H12BrF3O4/c1-8-4-12-14(24)15(25)17(26-16(12)13(19)5-8)11-6-10(18(20,21)22)3-2-9(11)7-23/h2-6,23,25H,7H2,1H3. The maximum atomic E-state index is 13.0. The minimum absolute atomic E-state index is 0.0824. The highest BCUT2D eigenvalue weighted by molar-refractivity contribution is 9.10. The summed E-state index contributed by atoms with van der Waals surface area (Å²) in [4.78, 5) is 12.5. The van der Waals surface area contributed by atoms with Crippen molar-refractivity contribution in [3.8, 4) is 17.1 Å². The molecule has 0 bridgehead atoms. The lowest BCUT2D eigenvalue weighted by atomic mass is 10.0. The molecular weight excluding hydrogens is 417 g/mol. The molecule has 0 radical (unpaired) electrons. The van der Waals surface area contributed by atoms with Crippen molar-refractivity contribution in [2.75, 3.05) is 0 Å². The molecular formula is C18H12BrF3O4. The largest absolute Gasteiger partial charge is 0.502 e. The Hall–Kier alpha value is -2.32. The fourth-order valence-electron chi connectivity index (χ4n) is 2.67. The zero-order valence-corrected chi connectivity index (χ0v) is 14.9. The van der Waals surface area contributed by atoms with Gasteiger partial charge in [0.15, 0.2) is 11.3 Å². The molecule has 4 nitrogen and oxygen atoms in total. The predicted molar refractivity (Wildman–Crippen MR) is 92.9 cm³/mol. The highest BCUT2D eigenvalue weighted by atomic mass is 79.9. The second kappa shape index (κ2) is 6.44. The Morgan fingerprint density at radius 2 is 1.88 bits per heavy atom. The maximum absolute atomic E-state index is 13.0. The number of aromatic hydroxyl groups is 1. The molecule has 3 rings (SSSR count). The molecule has 0 saturated carbocycles. The Balaban J connectivity index is 2.39. The minimum Gasteiger partial charge on any atom is -0.502 e. The van der Waals surface area contributed by atoms with Crippen molar-refractivity contribution in [3.05, 3.63) is 61.7 Å². The third-order valence-electron chi connectivity index (χ3n) is 3.92. The highest BCUT2D eigenvalue weighted by Crippen LogP contribution is 2.38. The summed E-state index contributed by atoms with van der Waals surface area (Å²) in [5, 5.41) is 19.8. The van der Waals surface area contributed by atoms with E-state index in [0.29, 0.717) is 4.47 Å². The molecule has 0 unspecified atom stereocenters. The molecule has 3 aromatic rings. The van der Waals surface area contributed by atoms with Crippen LogP contribution in [0.3, 0.4) is 0 Å².